The highest BCUT2D eigenvalue weighted by Gasteiger charge is 2.47. The summed E-state index contributed by atoms with van der Waals surface area (Å²) in [6.07, 6.45) is 0.646. The molecule has 14 heavy (non-hydrogen) atoms. The molecule has 0 heterocycles. The summed E-state index contributed by atoms with van der Waals surface area (Å²) in [5, 5.41) is 0. The summed E-state index contributed by atoms with van der Waals surface area (Å²) in [5.41, 5.74) is -5.34. The van der Waals surface area contributed by atoms with Gasteiger partial charge >= 0.3 is 15.6 Å². The molecule has 0 aromatic rings. The highest BCUT2D eigenvalue weighted by Crippen LogP contribution is 2.24. The van der Waals surface area contributed by atoms with Gasteiger partial charge < -0.3 is 4.74 Å². The van der Waals surface area contributed by atoms with Crippen LogP contribution in [0.15, 0.2) is 0 Å². The van der Waals surface area contributed by atoms with Crippen LogP contribution in [-0.2, 0) is 19.0 Å². The Hall–Kier alpha value is -0.340. The van der Waals surface area contributed by atoms with Gasteiger partial charge in [-0.05, 0) is 12.8 Å². The summed E-state index contributed by atoms with van der Waals surface area (Å²) >= 11 is 0. The first-order valence-electron chi connectivity index (χ1n) is 3.76. The Morgan fingerprint density at radius 3 is 2.07 bits per heavy atom. The Bertz CT molecular complexity index is 246. The number of hydrogen-bond donors (Lipinski definition) is 0. The highest BCUT2D eigenvalue weighted by molar-refractivity contribution is 7.87. The number of methoxy groups -OCH3 is 1. The lowest BCUT2D eigenvalue weighted by Crippen LogP contribution is -2.25. The Morgan fingerprint density at radius 1 is 1.14 bits per heavy atom. The summed E-state index contributed by atoms with van der Waals surface area (Å²) in [6.45, 7) is -0.124. The van der Waals surface area contributed by atoms with Gasteiger partial charge in [0.25, 0.3) is 0 Å². The predicted octanol–water partition coefficient (Wildman–Crippen LogP) is 1.28. The van der Waals surface area contributed by atoms with E-state index in [1.54, 1.807) is 0 Å². The first-order valence-corrected chi connectivity index (χ1v) is 5.16. The first kappa shape index (κ1) is 13.7. The molecule has 0 saturated carbocycles. The Labute approximate surface area is 80.1 Å². The van der Waals surface area contributed by atoms with Crippen molar-refractivity contribution in [3.05, 3.63) is 0 Å². The third kappa shape index (κ3) is 4.77. The van der Waals surface area contributed by atoms with E-state index in [1.807, 2.05) is 0 Å². The van der Waals surface area contributed by atoms with E-state index in [9.17, 15) is 21.6 Å². The van der Waals surface area contributed by atoms with Crippen molar-refractivity contribution in [2.24, 2.45) is 0 Å². The van der Waals surface area contributed by atoms with Gasteiger partial charge in [-0.2, -0.15) is 21.6 Å². The minimum Gasteiger partial charge on any atom is -0.385 e. The third-order valence-electron chi connectivity index (χ3n) is 1.26. The molecule has 0 aromatic heterocycles. The smallest absolute Gasteiger partial charge is 0.385 e. The van der Waals surface area contributed by atoms with Crippen LogP contribution < -0.4 is 0 Å². The van der Waals surface area contributed by atoms with E-state index in [0.717, 1.165) is 0 Å². The van der Waals surface area contributed by atoms with Crippen LogP contribution in [0.4, 0.5) is 13.2 Å². The van der Waals surface area contributed by atoms with E-state index in [0.29, 0.717) is 13.0 Å². The SMILES string of the molecule is COCCCCOS(=O)(=O)C(F)(F)F. The fourth-order valence-electron chi connectivity index (χ4n) is 0.584. The van der Waals surface area contributed by atoms with Gasteiger partial charge in [-0.15, -0.1) is 0 Å². The van der Waals surface area contributed by atoms with Gasteiger partial charge in [0.05, 0.1) is 6.61 Å². The molecule has 4 nitrogen and oxygen atoms in total. The number of halogens is 3. The maximum absolute atomic E-state index is 11.7. The molecule has 0 aromatic carbocycles. The summed E-state index contributed by atoms with van der Waals surface area (Å²) in [6, 6.07) is 0. The molecule has 0 spiro atoms. The zero-order valence-corrected chi connectivity index (χ0v) is 8.32. The molecule has 0 N–H and O–H groups in total. The number of rotatable bonds is 6. The maximum atomic E-state index is 11.7. The van der Waals surface area contributed by atoms with E-state index in [-0.39, 0.29) is 6.42 Å². The molecular weight excluding hydrogens is 225 g/mol. The predicted molar refractivity (Wildman–Crippen MR) is 42.0 cm³/mol. The molecule has 0 aliphatic carbocycles. The number of hydrogen-bond acceptors (Lipinski definition) is 4. The number of alkyl halides is 3. The monoisotopic (exact) mass is 236 g/mol. The lowest BCUT2D eigenvalue weighted by Gasteiger charge is -2.07. The minimum absolute atomic E-state index is 0.198. The van der Waals surface area contributed by atoms with Crippen LogP contribution in [0, 0.1) is 0 Å². The quantitative estimate of drug-likeness (QED) is 0.396. The molecule has 0 saturated heterocycles. The van der Waals surface area contributed by atoms with Gasteiger partial charge in [-0.1, -0.05) is 0 Å². The molecule has 0 atom stereocenters. The Balaban J connectivity index is 3.80. The lowest BCUT2D eigenvalue weighted by atomic mass is 10.3. The zero-order chi connectivity index (χ0) is 11.2. The summed E-state index contributed by atoms with van der Waals surface area (Å²) in [7, 11) is -3.99. The fraction of sp³-hybridized carbons (Fsp3) is 1.00. The Kier molecular flexibility index (Phi) is 5.38. The molecule has 0 rings (SSSR count). The maximum Gasteiger partial charge on any atom is 0.523 e. The second-order valence-corrected chi connectivity index (χ2v) is 4.03. The molecule has 86 valence electrons. The zero-order valence-electron chi connectivity index (χ0n) is 7.50. The van der Waals surface area contributed by atoms with Gasteiger partial charge in [0.1, 0.15) is 0 Å². The number of ether oxygens (including phenoxy) is 1. The van der Waals surface area contributed by atoms with Crippen molar-refractivity contribution < 1.29 is 30.5 Å². The van der Waals surface area contributed by atoms with Crippen LogP contribution in [0.2, 0.25) is 0 Å². The molecule has 0 aliphatic rings. The van der Waals surface area contributed by atoms with Crippen LogP contribution >= 0.6 is 0 Å². The van der Waals surface area contributed by atoms with Crippen molar-refractivity contribution in [1.82, 2.24) is 0 Å². The molecular formula is C6H11F3O4S. The van der Waals surface area contributed by atoms with Gasteiger partial charge in [0.2, 0.25) is 0 Å². The minimum atomic E-state index is -5.43. The van der Waals surface area contributed by atoms with Crippen molar-refractivity contribution >= 4 is 10.1 Å². The van der Waals surface area contributed by atoms with E-state index >= 15 is 0 Å². The first-order chi connectivity index (χ1) is 6.31. The van der Waals surface area contributed by atoms with Gasteiger partial charge in [0.15, 0.2) is 0 Å². The van der Waals surface area contributed by atoms with Crippen molar-refractivity contribution in [1.29, 1.82) is 0 Å². The third-order valence-corrected chi connectivity index (χ3v) is 2.31. The van der Waals surface area contributed by atoms with Crippen LogP contribution in [0.1, 0.15) is 12.8 Å². The molecule has 0 bridgehead atoms. The molecule has 8 heteroatoms. The number of unbranched alkanes of at least 4 members (excludes halogenated alkanes) is 1. The largest absolute Gasteiger partial charge is 0.523 e. The normalized spacial score (nSPS) is 13.1. The van der Waals surface area contributed by atoms with Crippen LogP contribution in [0.5, 0.6) is 0 Å². The Morgan fingerprint density at radius 2 is 1.64 bits per heavy atom. The fourth-order valence-corrected chi connectivity index (χ4v) is 1.05. The molecule has 0 radical (unpaired) electrons. The van der Waals surface area contributed by atoms with Crippen molar-refractivity contribution in [2.75, 3.05) is 20.3 Å². The van der Waals surface area contributed by atoms with Crippen LogP contribution in [0.25, 0.3) is 0 Å². The lowest BCUT2D eigenvalue weighted by molar-refractivity contribution is -0.0543. The second kappa shape index (κ2) is 5.52. The van der Waals surface area contributed by atoms with E-state index < -0.39 is 22.2 Å². The van der Waals surface area contributed by atoms with Crippen LogP contribution in [0.3, 0.4) is 0 Å². The summed E-state index contributed by atoms with van der Waals surface area (Å²) in [5.74, 6) is 0. The van der Waals surface area contributed by atoms with Crippen molar-refractivity contribution in [2.45, 2.75) is 18.3 Å². The van der Waals surface area contributed by atoms with E-state index in [1.165, 1.54) is 7.11 Å². The molecule has 0 fully saturated rings. The average molecular weight is 236 g/mol. The molecule has 0 aliphatic heterocycles. The van der Waals surface area contributed by atoms with Crippen LogP contribution in [-0.4, -0.2) is 34.2 Å². The van der Waals surface area contributed by atoms with Gasteiger partial charge in [-0.25, -0.2) is 0 Å². The van der Waals surface area contributed by atoms with Gasteiger partial charge in [-0.3, -0.25) is 4.18 Å². The van der Waals surface area contributed by atoms with Crippen molar-refractivity contribution in [3.63, 3.8) is 0 Å². The topological polar surface area (TPSA) is 52.6 Å². The average Bonchev–Trinajstić information content (AvgIpc) is 2.02. The highest BCUT2D eigenvalue weighted by atomic mass is 32.2. The standard InChI is InChI=1S/C6H11F3O4S/c1-12-4-2-3-5-13-14(10,11)6(7,8)9/h2-5H2,1H3. The molecule has 0 amide bonds. The second-order valence-electron chi connectivity index (χ2n) is 2.42. The summed E-state index contributed by atoms with van der Waals surface area (Å²) in [4.78, 5) is 0. The van der Waals surface area contributed by atoms with Crippen molar-refractivity contribution in [3.8, 4) is 0 Å². The van der Waals surface area contributed by atoms with E-state index in [2.05, 4.69) is 8.92 Å². The molecule has 0 unspecified atom stereocenters. The summed E-state index contributed by atoms with van der Waals surface area (Å²) < 4.78 is 64.0. The van der Waals surface area contributed by atoms with Gasteiger partial charge in [0, 0.05) is 13.7 Å². The van der Waals surface area contributed by atoms with E-state index in [4.69, 9.17) is 0 Å².